The van der Waals surface area contributed by atoms with Crippen molar-refractivity contribution in [3.8, 4) is 11.5 Å². The molecule has 0 radical (unpaired) electrons. The van der Waals surface area contributed by atoms with Crippen molar-refractivity contribution in [2.75, 3.05) is 24.9 Å². The van der Waals surface area contributed by atoms with Gasteiger partial charge in [-0.2, -0.15) is 0 Å². The summed E-state index contributed by atoms with van der Waals surface area (Å²) >= 11 is 13.8. The fourth-order valence-corrected chi connectivity index (χ4v) is 5.63. The Hall–Kier alpha value is -4.44. The fraction of sp³-hybridized carbons (Fsp3) is 0.147. The van der Waals surface area contributed by atoms with Crippen LogP contribution >= 0.6 is 35.0 Å². The Morgan fingerprint density at radius 2 is 1.53 bits per heavy atom. The van der Waals surface area contributed by atoms with Gasteiger partial charge in [0, 0.05) is 50.1 Å². The highest BCUT2D eigenvalue weighted by Gasteiger charge is 2.20. The molecule has 0 aliphatic rings. The lowest BCUT2D eigenvalue weighted by Gasteiger charge is -2.17. The van der Waals surface area contributed by atoms with E-state index in [-0.39, 0.29) is 11.6 Å². The van der Waals surface area contributed by atoms with Gasteiger partial charge in [-0.05, 0) is 60.5 Å². The van der Waals surface area contributed by atoms with Gasteiger partial charge in [0.2, 0.25) is 5.91 Å². The van der Waals surface area contributed by atoms with E-state index in [4.69, 9.17) is 32.7 Å². The van der Waals surface area contributed by atoms with Crippen LogP contribution in [0.25, 0.3) is 6.08 Å². The standard InChI is InChI=1S/C34H31Cl2N3O5S/c1-4-31(34(42)38-25-17-26(43-2)20-27(18-25)44-3)45-28-12-8-11-24(19-28)37-33(41)30(15-22-13-14-23(35)16-29(22)36)39-32(40)21-9-6-5-7-10-21/h5-20,31H,4H2,1-3H3,(H,37,41)(H,38,42)(H,39,40)/b30-15+. The highest BCUT2D eigenvalue weighted by molar-refractivity contribution is 8.00. The van der Waals surface area contributed by atoms with E-state index >= 15 is 0 Å². The second kappa shape index (κ2) is 16.0. The lowest BCUT2D eigenvalue weighted by Crippen LogP contribution is -2.30. The number of benzene rings is 4. The van der Waals surface area contributed by atoms with Gasteiger partial charge in [-0.15, -0.1) is 11.8 Å². The first-order valence-corrected chi connectivity index (χ1v) is 15.5. The van der Waals surface area contributed by atoms with Crippen molar-refractivity contribution in [1.29, 1.82) is 0 Å². The molecule has 11 heteroatoms. The van der Waals surface area contributed by atoms with Gasteiger partial charge in [0.25, 0.3) is 11.8 Å². The summed E-state index contributed by atoms with van der Waals surface area (Å²) in [5.41, 5.74) is 1.88. The van der Waals surface area contributed by atoms with E-state index in [1.54, 1.807) is 99.1 Å². The number of carbonyl (C=O) groups is 3. The normalized spacial score (nSPS) is 11.7. The third-order valence-electron chi connectivity index (χ3n) is 6.44. The molecule has 0 fully saturated rings. The van der Waals surface area contributed by atoms with Gasteiger partial charge >= 0.3 is 0 Å². The molecule has 0 aromatic heterocycles. The smallest absolute Gasteiger partial charge is 0.272 e. The van der Waals surface area contributed by atoms with Crippen molar-refractivity contribution in [3.63, 3.8) is 0 Å². The zero-order valence-electron chi connectivity index (χ0n) is 24.7. The number of hydrogen-bond donors (Lipinski definition) is 3. The van der Waals surface area contributed by atoms with E-state index in [2.05, 4.69) is 16.0 Å². The molecule has 4 aromatic rings. The maximum Gasteiger partial charge on any atom is 0.272 e. The van der Waals surface area contributed by atoms with Gasteiger partial charge in [0.1, 0.15) is 17.2 Å². The van der Waals surface area contributed by atoms with Crippen molar-refractivity contribution in [2.45, 2.75) is 23.5 Å². The molecule has 0 saturated carbocycles. The van der Waals surface area contributed by atoms with E-state index in [0.29, 0.717) is 50.5 Å². The summed E-state index contributed by atoms with van der Waals surface area (Å²) in [6.45, 7) is 1.92. The molecule has 0 bridgehead atoms. The molecule has 0 aliphatic heterocycles. The monoisotopic (exact) mass is 663 g/mol. The van der Waals surface area contributed by atoms with Gasteiger partial charge in [-0.25, -0.2) is 0 Å². The molecule has 4 aromatic carbocycles. The van der Waals surface area contributed by atoms with Crippen molar-refractivity contribution in [1.82, 2.24) is 5.32 Å². The lowest BCUT2D eigenvalue weighted by molar-refractivity contribution is -0.116. The summed E-state index contributed by atoms with van der Waals surface area (Å²) < 4.78 is 10.6. The molecule has 0 aliphatic carbocycles. The minimum Gasteiger partial charge on any atom is -0.497 e. The van der Waals surface area contributed by atoms with Crippen LogP contribution in [0.2, 0.25) is 10.0 Å². The van der Waals surface area contributed by atoms with E-state index < -0.39 is 17.1 Å². The summed E-state index contributed by atoms with van der Waals surface area (Å²) in [4.78, 5) is 40.4. The van der Waals surface area contributed by atoms with Crippen molar-refractivity contribution in [3.05, 3.63) is 118 Å². The van der Waals surface area contributed by atoms with E-state index in [0.717, 1.165) is 4.90 Å². The summed E-state index contributed by atoms with van der Waals surface area (Å²) in [5.74, 6) is -0.108. The Kier molecular flexibility index (Phi) is 11.9. The maximum atomic E-state index is 13.5. The number of rotatable bonds is 12. The Bertz CT molecular complexity index is 1690. The molecule has 4 rings (SSSR count). The van der Waals surface area contributed by atoms with Crippen LogP contribution in [0.4, 0.5) is 11.4 Å². The highest BCUT2D eigenvalue weighted by atomic mass is 35.5. The SMILES string of the molecule is CCC(Sc1cccc(NC(=O)/C(=C\c2ccc(Cl)cc2Cl)NC(=O)c2ccccc2)c1)C(=O)Nc1cc(OC)cc(OC)c1. The first-order valence-electron chi connectivity index (χ1n) is 13.8. The number of carbonyl (C=O) groups excluding carboxylic acids is 3. The van der Waals surface area contributed by atoms with Crippen molar-refractivity contribution < 1.29 is 23.9 Å². The van der Waals surface area contributed by atoms with Gasteiger partial charge in [-0.3, -0.25) is 14.4 Å². The van der Waals surface area contributed by atoms with E-state index in [9.17, 15) is 14.4 Å². The van der Waals surface area contributed by atoms with Gasteiger partial charge in [0.15, 0.2) is 0 Å². The minimum atomic E-state index is -0.566. The van der Waals surface area contributed by atoms with Crippen LogP contribution in [0, 0.1) is 0 Å². The molecule has 1 atom stereocenters. The number of halogens is 2. The number of nitrogens with one attached hydrogen (secondary N) is 3. The predicted octanol–water partition coefficient (Wildman–Crippen LogP) is 7.93. The summed E-state index contributed by atoms with van der Waals surface area (Å²) in [6, 6.07) is 25.7. The van der Waals surface area contributed by atoms with E-state index in [1.165, 1.54) is 17.8 Å². The van der Waals surface area contributed by atoms with E-state index in [1.807, 2.05) is 13.0 Å². The molecular formula is C34H31Cl2N3O5S. The topological polar surface area (TPSA) is 106 Å². The Labute approximate surface area is 276 Å². The van der Waals surface area contributed by atoms with Crippen LogP contribution in [0.15, 0.2) is 102 Å². The Balaban J connectivity index is 1.52. The molecule has 0 heterocycles. The number of thioether (sulfide) groups is 1. The molecule has 3 amide bonds. The number of anilines is 2. The lowest BCUT2D eigenvalue weighted by atomic mass is 10.1. The second-order valence-corrected chi connectivity index (χ2v) is 11.8. The number of amides is 3. The third kappa shape index (κ3) is 9.52. The van der Waals surface area contributed by atoms with Crippen molar-refractivity contribution >= 4 is 70.1 Å². The fourth-order valence-electron chi connectivity index (χ4n) is 4.15. The van der Waals surface area contributed by atoms with Crippen molar-refractivity contribution in [2.24, 2.45) is 0 Å². The molecular weight excluding hydrogens is 633 g/mol. The highest BCUT2D eigenvalue weighted by Crippen LogP contribution is 2.31. The molecule has 0 spiro atoms. The van der Waals surface area contributed by atoms with Crippen LogP contribution in [-0.2, 0) is 9.59 Å². The molecule has 45 heavy (non-hydrogen) atoms. The van der Waals surface area contributed by atoms with Gasteiger partial charge in [-0.1, -0.05) is 60.5 Å². The zero-order chi connectivity index (χ0) is 32.3. The average molecular weight is 665 g/mol. The number of methoxy groups -OCH3 is 2. The van der Waals surface area contributed by atoms with Gasteiger partial charge in [0.05, 0.1) is 19.5 Å². The van der Waals surface area contributed by atoms with Crippen LogP contribution in [0.1, 0.15) is 29.3 Å². The summed E-state index contributed by atoms with van der Waals surface area (Å²) in [7, 11) is 3.08. The van der Waals surface area contributed by atoms with Crippen LogP contribution in [-0.4, -0.2) is 37.2 Å². The molecule has 3 N–H and O–H groups in total. The van der Waals surface area contributed by atoms with Crippen LogP contribution in [0.3, 0.4) is 0 Å². The van der Waals surface area contributed by atoms with Gasteiger partial charge < -0.3 is 25.4 Å². The largest absolute Gasteiger partial charge is 0.497 e. The predicted molar refractivity (Wildman–Crippen MR) is 182 cm³/mol. The maximum absolute atomic E-state index is 13.5. The number of ether oxygens (including phenoxy) is 2. The first-order chi connectivity index (χ1) is 21.7. The molecule has 232 valence electrons. The number of hydrogen-bond acceptors (Lipinski definition) is 6. The molecule has 0 saturated heterocycles. The quantitative estimate of drug-likeness (QED) is 0.105. The summed E-state index contributed by atoms with van der Waals surface area (Å²) in [5, 5.41) is 8.80. The Morgan fingerprint density at radius 1 is 0.822 bits per heavy atom. The molecule has 8 nitrogen and oxygen atoms in total. The average Bonchev–Trinajstić information content (AvgIpc) is 3.04. The van der Waals surface area contributed by atoms with Crippen LogP contribution in [0.5, 0.6) is 11.5 Å². The second-order valence-electron chi connectivity index (χ2n) is 9.63. The first kappa shape index (κ1) is 33.5. The van der Waals surface area contributed by atoms with Crippen LogP contribution < -0.4 is 25.4 Å². The Morgan fingerprint density at radius 3 is 2.18 bits per heavy atom. The minimum absolute atomic E-state index is 0.0225. The molecule has 1 unspecified atom stereocenters. The third-order valence-corrected chi connectivity index (χ3v) is 8.36. The summed E-state index contributed by atoms with van der Waals surface area (Å²) in [6.07, 6.45) is 2.03. The zero-order valence-corrected chi connectivity index (χ0v) is 27.1.